The number of carbonyl (C=O) groups excluding carboxylic acids is 2. The summed E-state index contributed by atoms with van der Waals surface area (Å²) in [6.45, 7) is 4.21. The molecule has 1 aliphatic rings. The smallest absolute Gasteiger partial charge is 0.338 e. The van der Waals surface area contributed by atoms with Gasteiger partial charge in [0.05, 0.1) is 25.3 Å². The Morgan fingerprint density at radius 2 is 1.86 bits per heavy atom. The van der Waals surface area contributed by atoms with E-state index in [9.17, 15) is 9.59 Å². The molecule has 0 aromatic heterocycles. The van der Waals surface area contributed by atoms with Crippen LogP contribution in [0.25, 0.3) is 0 Å². The summed E-state index contributed by atoms with van der Waals surface area (Å²) in [7, 11) is 1.59. The van der Waals surface area contributed by atoms with Crippen LogP contribution in [-0.4, -0.2) is 25.7 Å². The Labute approximate surface area is 169 Å². The first-order chi connectivity index (χ1) is 14.0. The lowest BCUT2D eigenvalue weighted by molar-refractivity contribution is -0.140. The zero-order chi connectivity index (χ0) is 20.8. The molecule has 0 saturated heterocycles. The summed E-state index contributed by atoms with van der Waals surface area (Å²) in [4.78, 5) is 24.9. The Hall–Kier alpha value is -3.48. The Bertz CT molecular complexity index is 921. The van der Waals surface area contributed by atoms with Gasteiger partial charge in [0.15, 0.2) is 0 Å². The molecular weight excluding hydrogens is 372 g/mol. The van der Waals surface area contributed by atoms with Crippen molar-refractivity contribution in [3.8, 4) is 11.5 Å². The van der Waals surface area contributed by atoms with E-state index in [1.165, 1.54) is 0 Å². The van der Waals surface area contributed by atoms with E-state index in [1.807, 2.05) is 43.3 Å². The molecule has 1 aliphatic heterocycles. The fourth-order valence-electron chi connectivity index (χ4n) is 3.11. The predicted octanol–water partition coefficient (Wildman–Crippen LogP) is 3.47. The lowest BCUT2D eigenvalue weighted by Crippen LogP contribution is -2.45. The molecule has 2 aromatic carbocycles. The number of benzene rings is 2. The van der Waals surface area contributed by atoms with Crippen molar-refractivity contribution in [3.05, 3.63) is 70.9 Å². The number of rotatable bonds is 7. The van der Waals surface area contributed by atoms with Crippen molar-refractivity contribution in [1.82, 2.24) is 10.6 Å². The standard InChI is InChI=1S/C22H24N2O5/c1-4-28-18-7-5-6-16(12-18)20-19(14(2)23-22(26)24-20)21(25)29-13-15-8-10-17(27-3)11-9-15/h5-12,20H,4,13H2,1-3H3,(H2,23,24,26)/t20-/m1/s1. The maximum Gasteiger partial charge on any atom is 0.338 e. The Morgan fingerprint density at radius 3 is 2.55 bits per heavy atom. The zero-order valence-electron chi connectivity index (χ0n) is 16.7. The number of methoxy groups -OCH3 is 1. The molecular formula is C22H24N2O5. The maximum atomic E-state index is 12.9. The number of carbonyl (C=O) groups is 2. The van der Waals surface area contributed by atoms with Crippen molar-refractivity contribution < 1.29 is 23.8 Å². The molecule has 2 N–H and O–H groups in total. The van der Waals surface area contributed by atoms with Gasteiger partial charge in [0.25, 0.3) is 0 Å². The second kappa shape index (κ2) is 9.14. The second-order valence-corrected chi connectivity index (χ2v) is 6.50. The van der Waals surface area contributed by atoms with Gasteiger partial charge in [0, 0.05) is 5.70 Å². The van der Waals surface area contributed by atoms with Gasteiger partial charge in [-0.15, -0.1) is 0 Å². The lowest BCUT2D eigenvalue weighted by Gasteiger charge is -2.28. The van der Waals surface area contributed by atoms with Crippen LogP contribution >= 0.6 is 0 Å². The highest BCUT2D eigenvalue weighted by atomic mass is 16.5. The number of urea groups is 1. The monoisotopic (exact) mass is 396 g/mol. The van der Waals surface area contributed by atoms with Crippen LogP contribution in [0.5, 0.6) is 11.5 Å². The summed E-state index contributed by atoms with van der Waals surface area (Å²) in [5.74, 6) is 0.895. The van der Waals surface area contributed by atoms with Gasteiger partial charge in [0.1, 0.15) is 18.1 Å². The molecule has 2 aromatic rings. The third-order valence-corrected chi connectivity index (χ3v) is 4.52. The minimum Gasteiger partial charge on any atom is -0.497 e. The summed E-state index contributed by atoms with van der Waals surface area (Å²) in [6.07, 6.45) is 0. The van der Waals surface area contributed by atoms with Gasteiger partial charge in [-0.2, -0.15) is 0 Å². The van der Waals surface area contributed by atoms with Gasteiger partial charge in [-0.05, 0) is 49.2 Å². The highest BCUT2D eigenvalue weighted by Gasteiger charge is 2.32. The molecule has 2 amide bonds. The lowest BCUT2D eigenvalue weighted by atomic mass is 9.95. The largest absolute Gasteiger partial charge is 0.497 e. The first-order valence-electron chi connectivity index (χ1n) is 9.33. The third kappa shape index (κ3) is 4.87. The Kier molecular flexibility index (Phi) is 6.39. The molecule has 29 heavy (non-hydrogen) atoms. The second-order valence-electron chi connectivity index (χ2n) is 6.50. The Morgan fingerprint density at radius 1 is 1.10 bits per heavy atom. The first-order valence-corrected chi connectivity index (χ1v) is 9.33. The van der Waals surface area contributed by atoms with E-state index in [2.05, 4.69) is 10.6 Å². The van der Waals surface area contributed by atoms with Crippen molar-refractivity contribution >= 4 is 12.0 Å². The number of esters is 1. The molecule has 7 heteroatoms. The molecule has 152 valence electrons. The SMILES string of the molecule is CCOc1cccc([C@H]2NC(=O)NC(C)=C2C(=O)OCc2ccc(OC)cc2)c1. The molecule has 0 unspecified atom stereocenters. The number of ether oxygens (including phenoxy) is 3. The van der Waals surface area contributed by atoms with Crippen molar-refractivity contribution in [2.24, 2.45) is 0 Å². The van der Waals surface area contributed by atoms with E-state index in [4.69, 9.17) is 14.2 Å². The van der Waals surface area contributed by atoms with Gasteiger partial charge in [-0.25, -0.2) is 9.59 Å². The summed E-state index contributed by atoms with van der Waals surface area (Å²) in [5, 5.41) is 5.44. The molecule has 3 rings (SSSR count). The van der Waals surface area contributed by atoms with E-state index in [1.54, 1.807) is 26.2 Å². The first kappa shape index (κ1) is 20.3. The highest BCUT2D eigenvalue weighted by Crippen LogP contribution is 2.30. The third-order valence-electron chi connectivity index (χ3n) is 4.52. The fraction of sp³-hybridized carbons (Fsp3) is 0.273. The average Bonchev–Trinajstić information content (AvgIpc) is 2.72. The number of hydrogen-bond donors (Lipinski definition) is 2. The summed E-state index contributed by atoms with van der Waals surface area (Å²) in [5.41, 5.74) is 2.38. The van der Waals surface area contributed by atoms with Crippen LogP contribution < -0.4 is 20.1 Å². The van der Waals surface area contributed by atoms with Crippen LogP contribution in [0.4, 0.5) is 4.79 Å². The summed E-state index contributed by atoms with van der Waals surface area (Å²) >= 11 is 0. The van der Waals surface area contributed by atoms with Gasteiger partial charge in [-0.3, -0.25) is 0 Å². The number of hydrogen-bond acceptors (Lipinski definition) is 5. The summed E-state index contributed by atoms with van der Waals surface area (Å²) < 4.78 is 16.2. The van der Waals surface area contributed by atoms with Gasteiger partial charge in [0.2, 0.25) is 0 Å². The molecule has 7 nitrogen and oxygen atoms in total. The van der Waals surface area contributed by atoms with Crippen molar-refractivity contribution in [1.29, 1.82) is 0 Å². The van der Waals surface area contributed by atoms with Crippen molar-refractivity contribution in [3.63, 3.8) is 0 Å². The van der Waals surface area contributed by atoms with Gasteiger partial charge < -0.3 is 24.8 Å². The molecule has 0 radical (unpaired) electrons. The normalized spacial score (nSPS) is 16.0. The molecule has 1 heterocycles. The number of nitrogens with one attached hydrogen (secondary N) is 2. The maximum absolute atomic E-state index is 12.9. The van der Waals surface area contributed by atoms with Crippen LogP contribution in [-0.2, 0) is 16.1 Å². The summed E-state index contributed by atoms with van der Waals surface area (Å²) in [6, 6.07) is 13.6. The zero-order valence-corrected chi connectivity index (χ0v) is 16.7. The van der Waals surface area contributed by atoms with Gasteiger partial charge >= 0.3 is 12.0 Å². The van der Waals surface area contributed by atoms with E-state index >= 15 is 0 Å². The van der Waals surface area contributed by atoms with E-state index in [0.29, 0.717) is 23.6 Å². The minimum atomic E-state index is -0.632. The average molecular weight is 396 g/mol. The van der Waals surface area contributed by atoms with Gasteiger partial charge in [-0.1, -0.05) is 24.3 Å². The van der Waals surface area contributed by atoms with E-state index < -0.39 is 12.0 Å². The predicted molar refractivity (Wildman–Crippen MR) is 108 cm³/mol. The molecule has 0 fully saturated rings. The number of allylic oxidation sites excluding steroid dienone is 1. The van der Waals surface area contributed by atoms with Crippen molar-refractivity contribution in [2.45, 2.75) is 26.5 Å². The minimum absolute atomic E-state index is 0.110. The van der Waals surface area contributed by atoms with Crippen LogP contribution in [0.15, 0.2) is 59.8 Å². The molecule has 0 saturated carbocycles. The molecule has 0 bridgehead atoms. The molecule has 0 spiro atoms. The van der Waals surface area contributed by atoms with Crippen LogP contribution in [0, 0.1) is 0 Å². The molecule has 1 atom stereocenters. The quantitative estimate of drug-likeness (QED) is 0.700. The van der Waals surface area contributed by atoms with E-state index in [-0.39, 0.29) is 12.6 Å². The topological polar surface area (TPSA) is 85.9 Å². The molecule has 0 aliphatic carbocycles. The van der Waals surface area contributed by atoms with Crippen LogP contribution in [0.3, 0.4) is 0 Å². The highest BCUT2D eigenvalue weighted by molar-refractivity contribution is 5.95. The van der Waals surface area contributed by atoms with Crippen LogP contribution in [0.2, 0.25) is 0 Å². The fourth-order valence-corrected chi connectivity index (χ4v) is 3.11. The van der Waals surface area contributed by atoms with E-state index in [0.717, 1.165) is 16.9 Å². The van der Waals surface area contributed by atoms with Crippen LogP contribution in [0.1, 0.15) is 31.0 Å². The number of amides is 2. The van der Waals surface area contributed by atoms with Crippen molar-refractivity contribution in [2.75, 3.05) is 13.7 Å². The Balaban J connectivity index is 1.81.